The summed E-state index contributed by atoms with van der Waals surface area (Å²) < 4.78 is 0. The van der Waals surface area contributed by atoms with Crippen molar-refractivity contribution in [3.8, 4) is 0 Å². The largest absolute Gasteiger partial charge is 0.480 e. The van der Waals surface area contributed by atoms with E-state index in [4.69, 9.17) is 10.2 Å². The predicted molar refractivity (Wildman–Crippen MR) is 57.1 cm³/mol. The van der Waals surface area contributed by atoms with Gasteiger partial charge in [0.2, 0.25) is 0 Å². The SMILES string of the molecule is CC(C)(NC(=O)N1CCCC1CO)C(=O)O. The number of urea groups is 1. The molecule has 1 saturated heterocycles. The predicted octanol–water partition coefficient (Wildman–Crippen LogP) is 0.0159. The number of aliphatic hydroxyl groups excluding tert-OH is 1. The molecule has 0 radical (unpaired) electrons. The minimum Gasteiger partial charge on any atom is -0.480 e. The highest BCUT2D eigenvalue weighted by Crippen LogP contribution is 2.17. The number of carbonyl (C=O) groups excluding carboxylic acids is 1. The third kappa shape index (κ3) is 2.63. The average molecular weight is 230 g/mol. The fourth-order valence-corrected chi connectivity index (χ4v) is 1.69. The lowest BCUT2D eigenvalue weighted by atomic mass is 10.1. The second-order valence-electron chi connectivity index (χ2n) is 4.53. The number of likely N-dealkylation sites (tertiary alicyclic amines) is 1. The molecular weight excluding hydrogens is 212 g/mol. The number of nitrogens with one attached hydrogen (secondary N) is 1. The van der Waals surface area contributed by atoms with Crippen LogP contribution in [0.3, 0.4) is 0 Å². The van der Waals surface area contributed by atoms with Gasteiger partial charge in [-0.1, -0.05) is 0 Å². The fraction of sp³-hybridized carbons (Fsp3) is 0.800. The molecule has 0 bridgehead atoms. The molecule has 1 aliphatic heterocycles. The molecule has 6 nitrogen and oxygen atoms in total. The molecule has 6 heteroatoms. The Balaban J connectivity index is 2.62. The summed E-state index contributed by atoms with van der Waals surface area (Å²) in [6.45, 7) is 3.34. The van der Waals surface area contributed by atoms with Gasteiger partial charge in [0.1, 0.15) is 5.54 Å². The first-order valence-corrected chi connectivity index (χ1v) is 5.31. The van der Waals surface area contributed by atoms with Gasteiger partial charge in [0.25, 0.3) is 0 Å². The van der Waals surface area contributed by atoms with Crippen LogP contribution in [0.4, 0.5) is 4.79 Å². The van der Waals surface area contributed by atoms with E-state index in [0.717, 1.165) is 12.8 Å². The van der Waals surface area contributed by atoms with Crippen molar-refractivity contribution >= 4 is 12.0 Å². The van der Waals surface area contributed by atoms with E-state index in [9.17, 15) is 9.59 Å². The number of hydrogen-bond acceptors (Lipinski definition) is 3. The maximum atomic E-state index is 11.8. The maximum absolute atomic E-state index is 11.8. The van der Waals surface area contributed by atoms with E-state index >= 15 is 0 Å². The van der Waals surface area contributed by atoms with Crippen LogP contribution < -0.4 is 5.32 Å². The number of rotatable bonds is 3. The fourth-order valence-electron chi connectivity index (χ4n) is 1.69. The van der Waals surface area contributed by atoms with Gasteiger partial charge in [-0.15, -0.1) is 0 Å². The summed E-state index contributed by atoms with van der Waals surface area (Å²) in [5, 5.41) is 20.4. The Morgan fingerprint density at radius 3 is 2.62 bits per heavy atom. The second-order valence-corrected chi connectivity index (χ2v) is 4.53. The Labute approximate surface area is 94.2 Å². The molecule has 92 valence electrons. The monoisotopic (exact) mass is 230 g/mol. The molecule has 1 heterocycles. The Morgan fingerprint density at radius 1 is 1.50 bits per heavy atom. The number of carbonyl (C=O) groups is 2. The maximum Gasteiger partial charge on any atom is 0.328 e. The van der Waals surface area contributed by atoms with Crippen molar-refractivity contribution in [3.05, 3.63) is 0 Å². The zero-order valence-electron chi connectivity index (χ0n) is 9.56. The van der Waals surface area contributed by atoms with Crippen molar-refractivity contribution in [2.24, 2.45) is 0 Å². The van der Waals surface area contributed by atoms with Gasteiger partial charge in [-0.3, -0.25) is 0 Å². The van der Waals surface area contributed by atoms with E-state index in [0.29, 0.717) is 6.54 Å². The molecule has 0 aromatic heterocycles. The molecule has 0 aromatic rings. The number of hydrogen-bond donors (Lipinski definition) is 3. The van der Waals surface area contributed by atoms with Gasteiger partial charge in [-0.25, -0.2) is 9.59 Å². The van der Waals surface area contributed by atoms with Gasteiger partial charge in [0.05, 0.1) is 12.6 Å². The molecule has 1 aliphatic rings. The summed E-state index contributed by atoms with van der Waals surface area (Å²) in [4.78, 5) is 24.1. The Kier molecular flexibility index (Phi) is 3.74. The summed E-state index contributed by atoms with van der Waals surface area (Å²) >= 11 is 0. The summed E-state index contributed by atoms with van der Waals surface area (Å²) in [6, 6.07) is -0.617. The van der Waals surface area contributed by atoms with Crippen molar-refractivity contribution < 1.29 is 19.8 Å². The molecule has 0 spiro atoms. The van der Waals surface area contributed by atoms with Crippen LogP contribution in [0.15, 0.2) is 0 Å². The van der Waals surface area contributed by atoms with Crippen LogP contribution in [0.2, 0.25) is 0 Å². The average Bonchev–Trinajstić information content (AvgIpc) is 2.64. The van der Waals surface area contributed by atoms with Crippen LogP contribution in [0, 0.1) is 0 Å². The van der Waals surface area contributed by atoms with E-state index in [-0.39, 0.29) is 12.6 Å². The first kappa shape index (κ1) is 12.8. The minimum absolute atomic E-state index is 0.0824. The van der Waals surface area contributed by atoms with Crippen molar-refractivity contribution in [3.63, 3.8) is 0 Å². The smallest absolute Gasteiger partial charge is 0.328 e. The molecule has 1 unspecified atom stereocenters. The van der Waals surface area contributed by atoms with Crippen LogP contribution in [0.5, 0.6) is 0 Å². The zero-order chi connectivity index (χ0) is 12.3. The van der Waals surface area contributed by atoms with Crippen molar-refractivity contribution in [1.29, 1.82) is 0 Å². The van der Waals surface area contributed by atoms with Gasteiger partial charge in [0.15, 0.2) is 0 Å². The van der Waals surface area contributed by atoms with Gasteiger partial charge in [-0.05, 0) is 26.7 Å². The van der Waals surface area contributed by atoms with E-state index in [1.165, 1.54) is 18.7 Å². The van der Waals surface area contributed by atoms with Crippen molar-refractivity contribution in [2.75, 3.05) is 13.2 Å². The number of aliphatic hydroxyl groups is 1. The zero-order valence-corrected chi connectivity index (χ0v) is 9.56. The summed E-state index contributed by atoms with van der Waals surface area (Å²) in [6.07, 6.45) is 1.60. The highest BCUT2D eigenvalue weighted by molar-refractivity contribution is 5.85. The second kappa shape index (κ2) is 4.69. The van der Waals surface area contributed by atoms with Crippen LogP contribution in [0.1, 0.15) is 26.7 Å². The first-order chi connectivity index (χ1) is 7.38. The number of carboxylic acid groups (broad SMARTS) is 1. The number of nitrogens with zero attached hydrogens (tertiary/aromatic N) is 1. The minimum atomic E-state index is -1.29. The Bertz CT molecular complexity index is 291. The van der Waals surface area contributed by atoms with Crippen molar-refractivity contribution in [1.82, 2.24) is 10.2 Å². The van der Waals surface area contributed by atoms with E-state index in [1.54, 1.807) is 0 Å². The molecule has 16 heavy (non-hydrogen) atoms. The molecule has 1 atom stereocenters. The molecule has 0 aliphatic carbocycles. The summed E-state index contributed by atoms with van der Waals surface area (Å²) in [7, 11) is 0. The highest BCUT2D eigenvalue weighted by atomic mass is 16.4. The summed E-state index contributed by atoms with van der Waals surface area (Å²) in [5.41, 5.74) is -1.29. The normalized spacial score (nSPS) is 20.9. The molecule has 0 aromatic carbocycles. The molecule has 3 N–H and O–H groups in total. The van der Waals surface area contributed by atoms with E-state index in [2.05, 4.69) is 5.32 Å². The Hall–Kier alpha value is -1.30. The van der Waals surface area contributed by atoms with E-state index in [1.807, 2.05) is 0 Å². The molecule has 2 amide bonds. The molecule has 1 rings (SSSR count). The lowest BCUT2D eigenvalue weighted by molar-refractivity contribution is -0.143. The lowest BCUT2D eigenvalue weighted by Gasteiger charge is -2.28. The molecule has 0 saturated carbocycles. The molecular formula is C10H18N2O4. The third-order valence-electron chi connectivity index (χ3n) is 2.80. The summed E-state index contributed by atoms with van der Waals surface area (Å²) in [5.74, 6) is -1.08. The Morgan fingerprint density at radius 2 is 2.12 bits per heavy atom. The van der Waals surface area contributed by atoms with Gasteiger partial charge >= 0.3 is 12.0 Å². The molecule has 1 fully saturated rings. The van der Waals surface area contributed by atoms with Crippen LogP contribution >= 0.6 is 0 Å². The lowest BCUT2D eigenvalue weighted by Crippen LogP contribution is -2.55. The van der Waals surface area contributed by atoms with Crippen LogP contribution in [-0.2, 0) is 4.79 Å². The van der Waals surface area contributed by atoms with Gasteiger partial charge in [-0.2, -0.15) is 0 Å². The van der Waals surface area contributed by atoms with E-state index < -0.39 is 17.5 Å². The third-order valence-corrected chi connectivity index (χ3v) is 2.80. The van der Waals surface area contributed by atoms with Gasteiger partial charge < -0.3 is 20.4 Å². The number of carboxylic acids is 1. The van der Waals surface area contributed by atoms with Gasteiger partial charge in [0, 0.05) is 6.54 Å². The van der Waals surface area contributed by atoms with Crippen LogP contribution in [-0.4, -0.2) is 51.8 Å². The quantitative estimate of drug-likeness (QED) is 0.637. The highest BCUT2D eigenvalue weighted by Gasteiger charge is 2.34. The van der Waals surface area contributed by atoms with Crippen LogP contribution in [0.25, 0.3) is 0 Å². The number of aliphatic carboxylic acids is 1. The topological polar surface area (TPSA) is 89.9 Å². The standard InChI is InChI=1S/C10H18N2O4/c1-10(2,8(14)15)11-9(16)12-5-3-4-7(12)6-13/h7,13H,3-6H2,1-2H3,(H,11,16)(H,14,15). The first-order valence-electron chi connectivity index (χ1n) is 5.31. The van der Waals surface area contributed by atoms with Crippen molar-refractivity contribution in [2.45, 2.75) is 38.3 Å². The number of amides is 2.